The summed E-state index contributed by atoms with van der Waals surface area (Å²) in [7, 11) is -80.8. The summed E-state index contributed by atoms with van der Waals surface area (Å²) in [5.41, 5.74) is 0. The van der Waals surface area contributed by atoms with Crippen molar-refractivity contribution in [3.63, 3.8) is 0 Å². The van der Waals surface area contributed by atoms with Crippen molar-refractivity contribution in [1.82, 2.24) is 0 Å². The highest BCUT2D eigenvalue weighted by atomic mass is 32.3. The maximum atomic E-state index is 13.3. The van der Waals surface area contributed by atoms with E-state index in [0.29, 0.717) is 44.9 Å². The van der Waals surface area contributed by atoms with Crippen LogP contribution >= 0.6 is 0 Å². The largest absolute Gasteiger partial charge is 0.302 e. The van der Waals surface area contributed by atoms with Crippen LogP contribution in [0.4, 0.5) is 0 Å². The molecule has 0 aromatic rings. The lowest BCUT2D eigenvalue weighted by Gasteiger charge is -2.52. The van der Waals surface area contributed by atoms with Gasteiger partial charge in [0.25, 0.3) is 109 Å². The fourth-order valence-corrected chi connectivity index (χ4v) is 29.3. The lowest BCUT2D eigenvalue weighted by atomic mass is 10.0. The minimum Gasteiger partial charge on any atom is -0.286 e. The Morgan fingerprint density at radius 3 is 0.667 bits per heavy atom. The van der Waals surface area contributed by atoms with Crippen LogP contribution in [0.2, 0.25) is 0 Å². The van der Waals surface area contributed by atoms with Crippen molar-refractivity contribution >= 4 is 101 Å². The molecule has 0 aromatic heterocycles. The van der Waals surface area contributed by atoms with Gasteiger partial charge in [0.1, 0.15) is 5.75 Å². The fourth-order valence-electron chi connectivity index (χ4n) is 6.67. The summed E-state index contributed by atoms with van der Waals surface area (Å²) in [5, 5.41) is 0. The summed E-state index contributed by atoms with van der Waals surface area (Å²) < 4.78 is 326. The number of unbranched alkanes of at least 4 members (excludes halogenated alkanes) is 12. The van der Waals surface area contributed by atoms with Gasteiger partial charge in [-0.15, -0.1) is 0 Å². The first kappa shape index (κ1) is 59.1. The van der Waals surface area contributed by atoms with Crippen molar-refractivity contribution in [3.8, 4) is 0 Å². The smallest absolute Gasteiger partial charge is 0.286 e. The molecule has 40 heteroatoms. The van der Waals surface area contributed by atoms with Crippen LogP contribution in [0.15, 0.2) is 0 Å². The van der Waals surface area contributed by atoms with Crippen LogP contribution in [0.1, 0.15) is 89.9 Å². The second-order valence-corrected chi connectivity index (χ2v) is 29.8. The Morgan fingerprint density at radius 2 is 0.467 bits per heavy atom. The third kappa shape index (κ3) is 11.7. The van der Waals surface area contributed by atoms with E-state index >= 15 is 0 Å². The van der Waals surface area contributed by atoms with Crippen molar-refractivity contribution < 1.29 is 130 Å². The van der Waals surface area contributed by atoms with Crippen LogP contribution in [-0.2, 0) is 101 Å². The van der Waals surface area contributed by atoms with Crippen LogP contribution < -0.4 is 0 Å². The number of rotatable bonds is 29. The highest BCUT2D eigenvalue weighted by molar-refractivity contribution is 8.19. The van der Waals surface area contributed by atoms with Gasteiger partial charge >= 0.3 is 8.16 Å². The Morgan fingerprint density at radius 1 is 0.250 bits per heavy atom. The van der Waals surface area contributed by atoms with Crippen LogP contribution in [0.3, 0.4) is 0 Å². The summed E-state index contributed by atoms with van der Waals surface area (Å²) in [6, 6.07) is 0. The molecule has 0 fully saturated rings. The molecule has 0 spiro atoms. The number of hydrogen-bond donors (Lipinski definition) is 10. The zero-order valence-corrected chi connectivity index (χ0v) is 38.2. The van der Waals surface area contributed by atoms with E-state index in [4.69, 9.17) is 4.55 Å². The third-order valence-corrected chi connectivity index (χ3v) is 28.2. The normalized spacial score (nSPS) is 15.6. The minimum atomic E-state index is -9.02. The van der Waals surface area contributed by atoms with Crippen molar-refractivity contribution in [2.24, 2.45) is 0 Å². The van der Waals surface area contributed by atoms with Crippen molar-refractivity contribution in [3.05, 3.63) is 0 Å². The SMILES string of the molecule is O=S(=O)(O)CCCCCCCCCCCCCCCC(C(C(C(CS(=O)(=O)O)(S(=O)(=O)O)S(=O)(=O)O)(S(=O)(=O)O)S(=O)(=O)O)(S(=O)(=O)O)S(=O)(=O)O)(S(=O)(=O)O)S(=O)(=O)O. The highest BCUT2D eigenvalue weighted by Crippen LogP contribution is 2.63. The maximum Gasteiger partial charge on any atom is 0.302 e. The third-order valence-electron chi connectivity index (χ3n) is 8.84. The first-order valence-electron chi connectivity index (χ1n) is 15.8. The molecule has 30 nitrogen and oxygen atoms in total. The Kier molecular flexibility index (Phi) is 19.0. The van der Waals surface area contributed by atoms with Crippen molar-refractivity contribution in [1.29, 1.82) is 0 Å². The molecular weight excluding hydrogens is 1040 g/mol. The molecule has 60 heavy (non-hydrogen) atoms. The van der Waals surface area contributed by atoms with Gasteiger partial charge in [-0.25, -0.2) is 0 Å². The van der Waals surface area contributed by atoms with E-state index in [0.717, 1.165) is 0 Å². The molecule has 0 aliphatic rings. The van der Waals surface area contributed by atoms with Crippen molar-refractivity contribution in [2.75, 3.05) is 11.5 Å². The van der Waals surface area contributed by atoms with Gasteiger partial charge in [0, 0.05) is 0 Å². The molecule has 362 valence electrons. The summed E-state index contributed by atoms with van der Waals surface area (Å²) in [5.74, 6) is -4.80. The second-order valence-electron chi connectivity index (χ2n) is 12.9. The van der Waals surface area contributed by atoms with Crippen LogP contribution in [0.5, 0.6) is 0 Å². The summed E-state index contributed by atoms with van der Waals surface area (Å²) in [6.07, 6.45) is -1.76. The van der Waals surface area contributed by atoms with E-state index < -0.39 is 155 Å². The van der Waals surface area contributed by atoms with E-state index in [9.17, 15) is 125 Å². The predicted octanol–water partition coefficient (Wildman–Crippen LogP) is -1.89. The van der Waals surface area contributed by atoms with E-state index in [-0.39, 0.29) is 19.3 Å². The molecule has 0 atom stereocenters. The van der Waals surface area contributed by atoms with Gasteiger partial charge < -0.3 is 0 Å². The van der Waals surface area contributed by atoms with Crippen molar-refractivity contribution in [2.45, 2.75) is 106 Å². The molecular formula is C20H42O30S10. The summed E-state index contributed by atoms with van der Waals surface area (Å²) >= 11 is 0. The van der Waals surface area contributed by atoms with Gasteiger partial charge in [-0.05, 0) is 12.8 Å². The number of hydrogen-bond acceptors (Lipinski definition) is 20. The Labute approximate surface area is 346 Å². The molecule has 0 unspecified atom stereocenters. The quantitative estimate of drug-likeness (QED) is 0.0289. The molecule has 0 aromatic carbocycles. The first-order valence-corrected chi connectivity index (χ1v) is 30.6. The highest BCUT2D eigenvalue weighted by Gasteiger charge is 3.01. The molecule has 0 heterocycles. The minimum absolute atomic E-state index is 0.0366. The summed E-state index contributed by atoms with van der Waals surface area (Å²) in [6.45, 7) is 0. The molecule has 0 saturated carbocycles. The molecule has 0 saturated heterocycles. The molecule has 0 aliphatic heterocycles. The predicted molar refractivity (Wildman–Crippen MR) is 201 cm³/mol. The second kappa shape index (κ2) is 19.3. The molecule has 10 N–H and O–H groups in total. The van der Waals surface area contributed by atoms with Crippen LogP contribution in [-0.4, -0.2) is 158 Å². The van der Waals surface area contributed by atoms with Gasteiger partial charge in [0.2, 0.25) is 0 Å². The zero-order chi connectivity index (χ0) is 48.3. The molecule has 0 rings (SSSR count). The monoisotopic (exact) mass is 1080 g/mol. The molecule has 0 bridgehead atoms. The first-order chi connectivity index (χ1) is 26.2. The van der Waals surface area contributed by atoms with Crippen LogP contribution in [0, 0.1) is 0 Å². The van der Waals surface area contributed by atoms with E-state index in [1.54, 1.807) is 0 Å². The lowest BCUT2D eigenvalue weighted by Crippen LogP contribution is -2.90. The van der Waals surface area contributed by atoms with Crippen LogP contribution in [0.25, 0.3) is 0 Å². The Bertz CT molecular complexity index is 2570. The fraction of sp³-hybridized carbons (Fsp3) is 1.00. The van der Waals surface area contributed by atoms with Gasteiger partial charge in [-0.1, -0.05) is 77.0 Å². The van der Waals surface area contributed by atoms with Gasteiger partial charge in [-0.3, -0.25) is 45.5 Å². The lowest BCUT2D eigenvalue weighted by molar-refractivity contribution is 0.292. The average molecular weight is 1080 g/mol. The summed E-state index contributed by atoms with van der Waals surface area (Å²) in [4.78, 5) is 0. The van der Waals surface area contributed by atoms with Gasteiger partial charge in [0.15, 0.2) is 0 Å². The molecule has 0 aliphatic carbocycles. The standard InChI is InChI=1S/C20H42O30S10/c21-51(22,23)15-13-11-9-7-5-3-1-2-4-6-8-10-12-14-17(53(27,28)29,54(30,31)32)19(57(39,40)41,58(42,43)44)20(59(45,46)47,60(48,49)50)18(55(33,34)35,56(36,37)38)16-52(24,25)26/h1-16H2,(H,21,22,23)(H,24,25,26)(H,27,28,29)(H,30,31,32)(H,33,34,35)(H,36,37,38)(H,39,40,41)(H,42,43,44)(H,45,46,47)(H,48,49,50). The van der Waals surface area contributed by atoms with Gasteiger partial charge in [-0.2, -0.15) is 84.2 Å². The average Bonchev–Trinajstić information content (AvgIpc) is 2.92. The van der Waals surface area contributed by atoms with Gasteiger partial charge in [0.05, 0.1) is 5.75 Å². The topological polar surface area (TPSA) is 544 Å². The zero-order valence-electron chi connectivity index (χ0n) is 30.0. The van der Waals surface area contributed by atoms with E-state index in [2.05, 4.69) is 0 Å². The Balaban J connectivity index is 8.16. The Hall–Kier alpha value is -0.900. The molecule has 0 amide bonds. The molecule has 0 radical (unpaired) electrons. The van der Waals surface area contributed by atoms with E-state index in [1.165, 1.54) is 0 Å². The van der Waals surface area contributed by atoms with E-state index in [1.807, 2.05) is 0 Å². The maximum absolute atomic E-state index is 13.3.